The summed E-state index contributed by atoms with van der Waals surface area (Å²) in [6.45, 7) is 2.14. The van der Waals surface area contributed by atoms with Gasteiger partial charge in [-0.25, -0.2) is 9.48 Å². The van der Waals surface area contributed by atoms with Gasteiger partial charge in [-0.2, -0.15) is 5.10 Å². The van der Waals surface area contributed by atoms with E-state index in [0.717, 1.165) is 36.2 Å². The number of carbonyl (C=O) groups excluding carboxylic acids is 2. The first-order valence-corrected chi connectivity index (χ1v) is 9.76. The lowest BCUT2D eigenvalue weighted by molar-refractivity contribution is 0.0467. The number of ether oxygens (including phenoxy) is 2. The molecule has 1 heterocycles. The van der Waals surface area contributed by atoms with Crippen molar-refractivity contribution in [3.63, 3.8) is 0 Å². The van der Waals surface area contributed by atoms with Crippen LogP contribution in [0.25, 0.3) is 5.69 Å². The molecule has 6 heteroatoms. The summed E-state index contributed by atoms with van der Waals surface area (Å²) >= 11 is 0. The second kappa shape index (κ2) is 8.31. The van der Waals surface area contributed by atoms with Crippen molar-refractivity contribution >= 4 is 11.8 Å². The predicted octanol–water partition coefficient (Wildman–Crippen LogP) is 3.80. The second-order valence-electron chi connectivity index (χ2n) is 6.83. The van der Waals surface area contributed by atoms with Crippen LogP contribution in [0.2, 0.25) is 0 Å². The van der Waals surface area contributed by atoms with Crippen LogP contribution in [0.15, 0.2) is 54.6 Å². The van der Waals surface area contributed by atoms with E-state index >= 15 is 0 Å². The van der Waals surface area contributed by atoms with Gasteiger partial charge in [0.2, 0.25) is 0 Å². The minimum absolute atomic E-state index is 0.263. The lowest BCUT2D eigenvalue weighted by Crippen LogP contribution is -2.16. The molecular formula is C23H22N2O4. The molecule has 6 nitrogen and oxygen atoms in total. The minimum Gasteiger partial charge on any atom is -0.494 e. The maximum atomic E-state index is 12.7. The Morgan fingerprint density at radius 2 is 1.79 bits per heavy atom. The van der Waals surface area contributed by atoms with Crippen LogP contribution in [0.5, 0.6) is 5.75 Å². The fourth-order valence-electron chi connectivity index (χ4n) is 3.57. The van der Waals surface area contributed by atoms with Crippen molar-refractivity contribution in [3.05, 3.63) is 77.1 Å². The Morgan fingerprint density at radius 3 is 2.52 bits per heavy atom. The van der Waals surface area contributed by atoms with E-state index in [4.69, 9.17) is 9.47 Å². The normalized spacial score (nSPS) is 12.4. The summed E-state index contributed by atoms with van der Waals surface area (Å²) in [5.41, 5.74) is 3.66. The molecule has 4 rings (SSSR count). The number of benzene rings is 2. The molecule has 0 N–H and O–H groups in total. The zero-order valence-electron chi connectivity index (χ0n) is 16.3. The molecule has 0 spiro atoms. The minimum atomic E-state index is -0.558. The first kappa shape index (κ1) is 18.9. The first-order chi connectivity index (χ1) is 14.2. The standard InChI is InChI=1S/C23H22N2O4/c1-2-28-18-13-11-16(12-14-18)21(26)15-29-23(27)22-19-9-6-10-20(19)25(24-22)17-7-4-3-5-8-17/h3-5,7-8,11-14H,2,6,9-10,15H2,1H3. The zero-order valence-corrected chi connectivity index (χ0v) is 16.3. The van der Waals surface area contributed by atoms with E-state index in [2.05, 4.69) is 5.10 Å². The van der Waals surface area contributed by atoms with Gasteiger partial charge in [0.25, 0.3) is 0 Å². The number of fused-ring (bicyclic) bond motifs is 1. The second-order valence-corrected chi connectivity index (χ2v) is 6.83. The van der Waals surface area contributed by atoms with Crippen molar-refractivity contribution in [3.8, 4) is 11.4 Å². The van der Waals surface area contributed by atoms with Crippen molar-refractivity contribution in [1.29, 1.82) is 0 Å². The van der Waals surface area contributed by atoms with Gasteiger partial charge in [0, 0.05) is 16.8 Å². The topological polar surface area (TPSA) is 70.4 Å². The highest BCUT2D eigenvalue weighted by Crippen LogP contribution is 2.28. The van der Waals surface area contributed by atoms with E-state index in [-0.39, 0.29) is 12.4 Å². The molecule has 0 aliphatic heterocycles. The number of rotatable bonds is 7. The lowest BCUT2D eigenvalue weighted by Gasteiger charge is -2.06. The molecule has 0 unspecified atom stereocenters. The summed E-state index contributed by atoms with van der Waals surface area (Å²) in [7, 11) is 0. The van der Waals surface area contributed by atoms with E-state index < -0.39 is 5.97 Å². The molecule has 0 fully saturated rings. The van der Waals surface area contributed by atoms with Crippen LogP contribution >= 0.6 is 0 Å². The molecule has 29 heavy (non-hydrogen) atoms. The van der Waals surface area contributed by atoms with Gasteiger partial charge in [0.1, 0.15) is 5.75 Å². The summed E-state index contributed by atoms with van der Waals surface area (Å²) in [5.74, 6) is -0.124. The Morgan fingerprint density at radius 1 is 1.03 bits per heavy atom. The zero-order chi connectivity index (χ0) is 20.2. The van der Waals surface area contributed by atoms with Crippen molar-refractivity contribution in [1.82, 2.24) is 9.78 Å². The smallest absolute Gasteiger partial charge is 0.359 e. The number of ketones is 1. The summed E-state index contributed by atoms with van der Waals surface area (Å²) in [6, 6.07) is 16.5. The van der Waals surface area contributed by atoms with Gasteiger partial charge in [-0.1, -0.05) is 18.2 Å². The van der Waals surface area contributed by atoms with Crippen LogP contribution in [-0.2, 0) is 17.6 Å². The number of nitrogens with zero attached hydrogens (tertiary/aromatic N) is 2. The van der Waals surface area contributed by atoms with Crippen LogP contribution in [0.3, 0.4) is 0 Å². The average molecular weight is 390 g/mol. The SMILES string of the molecule is CCOc1ccc(C(=O)COC(=O)c2nn(-c3ccccc3)c3c2CCC3)cc1. The number of carbonyl (C=O) groups is 2. The molecule has 0 saturated heterocycles. The third-order valence-corrected chi connectivity index (χ3v) is 4.95. The van der Waals surface area contributed by atoms with Crippen LogP contribution < -0.4 is 4.74 Å². The number of Topliss-reactive ketones (excluding diaryl/α,β-unsaturated/α-hetero) is 1. The average Bonchev–Trinajstić information content (AvgIpc) is 3.36. The number of hydrogen-bond donors (Lipinski definition) is 0. The first-order valence-electron chi connectivity index (χ1n) is 9.76. The summed E-state index contributed by atoms with van der Waals surface area (Å²) < 4.78 is 12.5. The molecule has 1 aliphatic carbocycles. The Bertz CT molecular complexity index is 1020. The molecule has 0 saturated carbocycles. The summed E-state index contributed by atoms with van der Waals surface area (Å²) in [6.07, 6.45) is 2.64. The number of aromatic nitrogens is 2. The van der Waals surface area contributed by atoms with E-state index in [0.29, 0.717) is 23.6 Å². The van der Waals surface area contributed by atoms with E-state index in [9.17, 15) is 9.59 Å². The largest absolute Gasteiger partial charge is 0.494 e. The van der Waals surface area contributed by atoms with E-state index in [1.807, 2.05) is 41.9 Å². The van der Waals surface area contributed by atoms with Gasteiger partial charge >= 0.3 is 5.97 Å². The van der Waals surface area contributed by atoms with Crippen molar-refractivity contribution in [2.45, 2.75) is 26.2 Å². The monoisotopic (exact) mass is 390 g/mol. The Labute approximate surface area is 169 Å². The Hall–Kier alpha value is -3.41. The Kier molecular flexibility index (Phi) is 5.42. The maximum Gasteiger partial charge on any atom is 0.359 e. The molecule has 0 atom stereocenters. The third kappa shape index (κ3) is 3.92. The molecule has 1 aliphatic rings. The van der Waals surface area contributed by atoms with Crippen LogP contribution in [0, 0.1) is 0 Å². The van der Waals surface area contributed by atoms with Crippen molar-refractivity contribution in [2.24, 2.45) is 0 Å². The van der Waals surface area contributed by atoms with E-state index in [1.165, 1.54) is 0 Å². The van der Waals surface area contributed by atoms with Gasteiger partial charge in [0.15, 0.2) is 18.1 Å². The highest BCUT2D eigenvalue weighted by Gasteiger charge is 2.28. The van der Waals surface area contributed by atoms with Crippen molar-refractivity contribution in [2.75, 3.05) is 13.2 Å². The summed E-state index contributed by atoms with van der Waals surface area (Å²) in [5, 5.41) is 4.50. The summed E-state index contributed by atoms with van der Waals surface area (Å²) in [4.78, 5) is 25.0. The molecule has 3 aromatic rings. The number of hydrogen-bond acceptors (Lipinski definition) is 5. The predicted molar refractivity (Wildman–Crippen MR) is 108 cm³/mol. The van der Waals surface area contributed by atoms with Gasteiger partial charge in [-0.3, -0.25) is 4.79 Å². The Balaban J connectivity index is 1.47. The quantitative estimate of drug-likeness (QED) is 0.453. The number of para-hydroxylation sites is 1. The highest BCUT2D eigenvalue weighted by atomic mass is 16.5. The fourth-order valence-corrected chi connectivity index (χ4v) is 3.57. The molecule has 0 radical (unpaired) electrons. The fraction of sp³-hybridized carbons (Fsp3) is 0.261. The van der Waals surface area contributed by atoms with Crippen LogP contribution in [0.1, 0.15) is 45.4 Å². The lowest BCUT2D eigenvalue weighted by atomic mass is 10.1. The molecule has 0 amide bonds. The maximum absolute atomic E-state index is 12.7. The molecule has 2 aromatic carbocycles. The van der Waals surface area contributed by atoms with Crippen LogP contribution in [0.4, 0.5) is 0 Å². The van der Waals surface area contributed by atoms with Gasteiger partial charge in [-0.05, 0) is 62.6 Å². The van der Waals surface area contributed by atoms with Crippen molar-refractivity contribution < 1.29 is 19.1 Å². The van der Waals surface area contributed by atoms with Gasteiger partial charge in [0.05, 0.1) is 12.3 Å². The van der Waals surface area contributed by atoms with Gasteiger partial charge < -0.3 is 9.47 Å². The van der Waals surface area contributed by atoms with Crippen LogP contribution in [-0.4, -0.2) is 34.7 Å². The van der Waals surface area contributed by atoms with Gasteiger partial charge in [-0.15, -0.1) is 0 Å². The molecule has 148 valence electrons. The van der Waals surface area contributed by atoms with E-state index in [1.54, 1.807) is 24.3 Å². The third-order valence-electron chi connectivity index (χ3n) is 4.95. The highest BCUT2D eigenvalue weighted by molar-refractivity contribution is 5.99. The molecule has 1 aromatic heterocycles. The molecule has 0 bridgehead atoms. The molecular weight excluding hydrogens is 368 g/mol. The number of esters is 1.